The van der Waals surface area contributed by atoms with Gasteiger partial charge in [-0.15, -0.1) is 0 Å². The van der Waals surface area contributed by atoms with Gasteiger partial charge < -0.3 is 14.7 Å². The molecule has 0 radical (unpaired) electrons. The van der Waals surface area contributed by atoms with E-state index in [0.717, 1.165) is 38.4 Å². The highest BCUT2D eigenvalue weighted by Crippen LogP contribution is 2.13. The van der Waals surface area contributed by atoms with Crippen molar-refractivity contribution in [2.45, 2.75) is 6.54 Å². The smallest absolute Gasteiger partial charge is 0.124 e. The Morgan fingerprint density at radius 2 is 1.93 bits per heavy atom. The highest BCUT2D eigenvalue weighted by Gasteiger charge is 2.15. The van der Waals surface area contributed by atoms with Crippen LogP contribution in [0.1, 0.15) is 5.56 Å². The van der Waals surface area contributed by atoms with Crippen molar-refractivity contribution in [2.24, 2.45) is 0 Å². The van der Waals surface area contributed by atoms with E-state index in [9.17, 15) is 5.11 Å². The van der Waals surface area contributed by atoms with Crippen LogP contribution in [0.25, 0.3) is 0 Å². The molecule has 1 aliphatic rings. The molecule has 1 saturated heterocycles. The molecule has 76 valence electrons. The zero-order chi connectivity index (χ0) is 9.80. The van der Waals surface area contributed by atoms with Gasteiger partial charge in [0.25, 0.3) is 0 Å². The maximum Gasteiger partial charge on any atom is 0.124 e. The van der Waals surface area contributed by atoms with E-state index in [-0.39, 0.29) is 0 Å². The number of hydrogen-bond acceptors (Lipinski definition) is 2. The van der Waals surface area contributed by atoms with Gasteiger partial charge in [-0.1, -0.05) is 12.1 Å². The SMILES string of the molecule is Oc1ccccc1C[NH+]1CCOCC1. The Morgan fingerprint density at radius 3 is 2.64 bits per heavy atom. The van der Waals surface area contributed by atoms with Crippen molar-refractivity contribution in [3.05, 3.63) is 29.8 Å². The van der Waals surface area contributed by atoms with Crippen molar-refractivity contribution in [2.75, 3.05) is 26.3 Å². The van der Waals surface area contributed by atoms with Crippen LogP contribution in [0.15, 0.2) is 24.3 Å². The molecule has 0 amide bonds. The minimum absolute atomic E-state index is 0.409. The lowest BCUT2D eigenvalue weighted by Crippen LogP contribution is -3.12. The number of quaternary nitrogens is 1. The first-order valence-corrected chi connectivity index (χ1v) is 5.04. The number of para-hydroxylation sites is 1. The summed E-state index contributed by atoms with van der Waals surface area (Å²) in [5, 5.41) is 9.60. The van der Waals surface area contributed by atoms with Crippen LogP contribution in [0.3, 0.4) is 0 Å². The van der Waals surface area contributed by atoms with Crippen LogP contribution in [0.2, 0.25) is 0 Å². The van der Waals surface area contributed by atoms with E-state index in [1.54, 1.807) is 6.07 Å². The Bertz CT molecular complexity index is 295. The van der Waals surface area contributed by atoms with Crippen molar-refractivity contribution in [1.82, 2.24) is 0 Å². The van der Waals surface area contributed by atoms with E-state index in [1.807, 2.05) is 18.2 Å². The fourth-order valence-electron chi connectivity index (χ4n) is 1.77. The summed E-state index contributed by atoms with van der Waals surface area (Å²) in [4.78, 5) is 1.48. The molecule has 1 aromatic carbocycles. The fourth-order valence-corrected chi connectivity index (χ4v) is 1.77. The molecule has 0 aliphatic carbocycles. The number of hydrogen-bond donors (Lipinski definition) is 2. The van der Waals surface area contributed by atoms with Gasteiger partial charge in [0.05, 0.1) is 13.2 Å². The van der Waals surface area contributed by atoms with Crippen molar-refractivity contribution < 1.29 is 14.7 Å². The quantitative estimate of drug-likeness (QED) is 0.684. The van der Waals surface area contributed by atoms with Gasteiger partial charge in [0.1, 0.15) is 25.4 Å². The van der Waals surface area contributed by atoms with E-state index < -0.39 is 0 Å². The van der Waals surface area contributed by atoms with Gasteiger partial charge >= 0.3 is 0 Å². The first-order chi connectivity index (χ1) is 6.86. The molecule has 0 bridgehead atoms. The van der Waals surface area contributed by atoms with Crippen molar-refractivity contribution >= 4 is 0 Å². The molecule has 3 heteroatoms. The van der Waals surface area contributed by atoms with Crippen LogP contribution in [0.5, 0.6) is 5.75 Å². The normalized spacial score (nSPS) is 18.3. The molecule has 0 atom stereocenters. The Labute approximate surface area is 83.9 Å². The number of benzene rings is 1. The third-order valence-corrected chi connectivity index (χ3v) is 2.63. The molecule has 1 heterocycles. The minimum atomic E-state index is 0.409. The lowest BCUT2D eigenvalue weighted by Gasteiger charge is -2.23. The number of phenols is 1. The number of phenolic OH excluding ortho intramolecular Hbond substituents is 1. The second-order valence-corrected chi connectivity index (χ2v) is 3.67. The van der Waals surface area contributed by atoms with E-state index in [4.69, 9.17) is 4.74 Å². The zero-order valence-electron chi connectivity index (χ0n) is 8.20. The standard InChI is InChI=1S/C11H15NO2/c13-11-4-2-1-3-10(11)9-12-5-7-14-8-6-12/h1-4,13H,5-9H2/p+1. The van der Waals surface area contributed by atoms with Crippen LogP contribution < -0.4 is 4.90 Å². The highest BCUT2D eigenvalue weighted by molar-refractivity contribution is 5.30. The average molecular weight is 194 g/mol. The van der Waals surface area contributed by atoms with E-state index in [0.29, 0.717) is 5.75 Å². The van der Waals surface area contributed by atoms with Gasteiger partial charge in [-0.3, -0.25) is 0 Å². The monoisotopic (exact) mass is 194 g/mol. The van der Waals surface area contributed by atoms with Crippen molar-refractivity contribution in [3.8, 4) is 5.75 Å². The zero-order valence-corrected chi connectivity index (χ0v) is 8.20. The van der Waals surface area contributed by atoms with Crippen molar-refractivity contribution in [3.63, 3.8) is 0 Å². The van der Waals surface area contributed by atoms with Crippen LogP contribution >= 0.6 is 0 Å². The molecule has 2 N–H and O–H groups in total. The van der Waals surface area contributed by atoms with Gasteiger partial charge in [-0.25, -0.2) is 0 Å². The third kappa shape index (κ3) is 2.25. The summed E-state index contributed by atoms with van der Waals surface area (Å²) in [6, 6.07) is 7.55. The maximum absolute atomic E-state index is 9.60. The van der Waals surface area contributed by atoms with Crippen LogP contribution in [-0.4, -0.2) is 31.4 Å². The number of morpholine rings is 1. The molecule has 2 rings (SSSR count). The molecule has 1 aliphatic heterocycles. The average Bonchev–Trinajstić information content (AvgIpc) is 2.23. The minimum Gasteiger partial charge on any atom is -0.507 e. The summed E-state index contributed by atoms with van der Waals surface area (Å²) in [5.41, 5.74) is 1.03. The van der Waals surface area contributed by atoms with E-state index in [1.165, 1.54) is 4.90 Å². The maximum atomic E-state index is 9.60. The Kier molecular flexibility index (Phi) is 3.01. The topological polar surface area (TPSA) is 33.9 Å². The third-order valence-electron chi connectivity index (χ3n) is 2.63. The number of nitrogens with one attached hydrogen (secondary N) is 1. The Hall–Kier alpha value is -1.06. The molecule has 1 aromatic rings. The Balaban J connectivity index is 1.99. The predicted octanol–water partition coefficient (Wildman–Crippen LogP) is -0.193. The molecule has 0 spiro atoms. The lowest BCUT2D eigenvalue weighted by molar-refractivity contribution is -0.921. The van der Waals surface area contributed by atoms with Crippen LogP contribution in [0.4, 0.5) is 0 Å². The van der Waals surface area contributed by atoms with Gasteiger partial charge in [-0.2, -0.15) is 0 Å². The van der Waals surface area contributed by atoms with E-state index >= 15 is 0 Å². The Morgan fingerprint density at radius 1 is 1.21 bits per heavy atom. The largest absolute Gasteiger partial charge is 0.507 e. The number of aromatic hydroxyl groups is 1. The second-order valence-electron chi connectivity index (χ2n) is 3.67. The first kappa shape index (κ1) is 9.49. The van der Waals surface area contributed by atoms with Gasteiger partial charge in [0.2, 0.25) is 0 Å². The van der Waals surface area contributed by atoms with Gasteiger partial charge in [-0.05, 0) is 12.1 Å². The second kappa shape index (κ2) is 4.44. The molecule has 1 fully saturated rings. The molecule has 0 unspecified atom stereocenters. The molecule has 14 heavy (non-hydrogen) atoms. The lowest BCUT2D eigenvalue weighted by atomic mass is 10.2. The summed E-state index contributed by atoms with van der Waals surface area (Å²) < 4.78 is 5.28. The summed E-state index contributed by atoms with van der Waals surface area (Å²) in [7, 11) is 0. The summed E-state index contributed by atoms with van der Waals surface area (Å²) in [5.74, 6) is 0.409. The molecule has 3 nitrogen and oxygen atoms in total. The molecular formula is C11H16NO2+. The number of ether oxygens (including phenoxy) is 1. The summed E-state index contributed by atoms with van der Waals surface area (Å²) >= 11 is 0. The van der Waals surface area contributed by atoms with Crippen molar-refractivity contribution in [1.29, 1.82) is 0 Å². The van der Waals surface area contributed by atoms with Gasteiger partial charge in [0, 0.05) is 5.56 Å². The molecule has 0 saturated carbocycles. The van der Waals surface area contributed by atoms with E-state index in [2.05, 4.69) is 0 Å². The highest BCUT2D eigenvalue weighted by atomic mass is 16.5. The predicted molar refractivity (Wildman–Crippen MR) is 53.3 cm³/mol. The fraction of sp³-hybridized carbons (Fsp3) is 0.455. The molecule has 0 aromatic heterocycles. The van der Waals surface area contributed by atoms with Crippen LogP contribution in [0, 0.1) is 0 Å². The number of rotatable bonds is 2. The first-order valence-electron chi connectivity index (χ1n) is 5.04. The van der Waals surface area contributed by atoms with Gasteiger partial charge in [0.15, 0.2) is 0 Å². The van der Waals surface area contributed by atoms with Crippen LogP contribution in [-0.2, 0) is 11.3 Å². The molecular weight excluding hydrogens is 178 g/mol. The summed E-state index contributed by atoms with van der Waals surface area (Å²) in [6.45, 7) is 4.64. The summed E-state index contributed by atoms with van der Waals surface area (Å²) in [6.07, 6.45) is 0.